The van der Waals surface area contributed by atoms with Gasteiger partial charge in [0.1, 0.15) is 17.0 Å². The van der Waals surface area contributed by atoms with Crippen LogP contribution in [-0.2, 0) is 22.4 Å². The number of nitrogens with one attached hydrogen (secondary N) is 3. The van der Waals surface area contributed by atoms with Crippen LogP contribution >= 0.6 is 11.3 Å². The molecule has 1 atom stereocenters. The third-order valence-electron chi connectivity index (χ3n) is 6.98. The smallest absolute Gasteiger partial charge is 0.354 e. The van der Waals surface area contributed by atoms with Crippen molar-refractivity contribution in [3.8, 4) is 0 Å². The summed E-state index contributed by atoms with van der Waals surface area (Å²) in [4.78, 5) is 42.1. The van der Waals surface area contributed by atoms with Crippen molar-refractivity contribution in [1.29, 1.82) is 0 Å². The molecule has 0 bridgehead atoms. The number of fused-ring (bicyclic) bond motifs is 1. The minimum Gasteiger partial charge on any atom is -0.477 e. The molecule has 196 valence electrons. The Morgan fingerprint density at radius 2 is 2.00 bits per heavy atom. The summed E-state index contributed by atoms with van der Waals surface area (Å²) in [5.41, 5.74) is 2.05. The summed E-state index contributed by atoms with van der Waals surface area (Å²) in [6.45, 7) is 2.40. The Labute approximate surface area is 218 Å². The summed E-state index contributed by atoms with van der Waals surface area (Å²) in [6.07, 6.45) is 9.36. The summed E-state index contributed by atoms with van der Waals surface area (Å²) < 4.78 is 1.93. The van der Waals surface area contributed by atoms with E-state index in [4.69, 9.17) is 0 Å². The van der Waals surface area contributed by atoms with Crippen LogP contribution in [0.4, 0.5) is 10.9 Å². The highest BCUT2D eigenvalue weighted by atomic mass is 32.1. The molecule has 11 nitrogen and oxygen atoms in total. The third kappa shape index (κ3) is 5.74. The summed E-state index contributed by atoms with van der Waals surface area (Å²) in [5.74, 6) is -0.153. The van der Waals surface area contributed by atoms with Crippen LogP contribution in [0.15, 0.2) is 23.1 Å². The highest BCUT2D eigenvalue weighted by molar-refractivity contribution is 7.17. The quantitative estimate of drug-likeness (QED) is 0.348. The van der Waals surface area contributed by atoms with Crippen molar-refractivity contribution in [2.24, 2.45) is 16.8 Å². The lowest BCUT2D eigenvalue weighted by Gasteiger charge is -2.25. The molecule has 2 amide bonds. The largest absolute Gasteiger partial charge is 0.477 e. The van der Waals surface area contributed by atoms with E-state index in [0.29, 0.717) is 41.1 Å². The number of thiophene rings is 1. The van der Waals surface area contributed by atoms with Crippen LogP contribution in [0.3, 0.4) is 0 Å². The number of aliphatic carboxylic acids is 1. The Morgan fingerprint density at radius 1 is 1.22 bits per heavy atom. The van der Waals surface area contributed by atoms with E-state index in [1.807, 2.05) is 4.57 Å². The number of aliphatic imine (C=N–C) groups is 1. The number of rotatable bonds is 10. The number of anilines is 2. The van der Waals surface area contributed by atoms with E-state index >= 15 is 0 Å². The van der Waals surface area contributed by atoms with Crippen molar-refractivity contribution >= 4 is 45.8 Å². The van der Waals surface area contributed by atoms with Crippen LogP contribution in [0, 0.1) is 11.8 Å². The highest BCUT2D eigenvalue weighted by Gasteiger charge is 2.35. The molecule has 2 aromatic heterocycles. The van der Waals surface area contributed by atoms with E-state index in [2.05, 4.69) is 31.1 Å². The maximum Gasteiger partial charge on any atom is 0.354 e. The van der Waals surface area contributed by atoms with Crippen molar-refractivity contribution < 1.29 is 19.5 Å². The first kappa shape index (κ1) is 25.1. The van der Waals surface area contributed by atoms with E-state index < -0.39 is 5.97 Å². The number of allylic oxidation sites excluding steroid dienone is 1. The van der Waals surface area contributed by atoms with Crippen LogP contribution in [0.25, 0.3) is 0 Å². The Kier molecular flexibility index (Phi) is 7.09. The molecule has 3 aliphatic carbocycles. The van der Waals surface area contributed by atoms with E-state index in [-0.39, 0.29) is 29.5 Å². The van der Waals surface area contributed by atoms with Gasteiger partial charge in [-0.1, -0.05) is 0 Å². The average molecular weight is 526 g/mol. The van der Waals surface area contributed by atoms with Gasteiger partial charge >= 0.3 is 5.97 Å². The monoisotopic (exact) mass is 525 g/mol. The van der Waals surface area contributed by atoms with E-state index in [0.717, 1.165) is 49.0 Å². The van der Waals surface area contributed by atoms with Crippen molar-refractivity contribution in [3.63, 3.8) is 0 Å². The molecule has 4 N–H and O–H groups in total. The molecule has 2 fully saturated rings. The van der Waals surface area contributed by atoms with Gasteiger partial charge in [-0.15, -0.1) is 21.5 Å². The molecule has 12 heteroatoms. The normalized spacial score (nSPS) is 19.8. The molecule has 0 aliphatic heterocycles. The van der Waals surface area contributed by atoms with Crippen molar-refractivity contribution in [2.45, 2.75) is 57.9 Å². The average Bonchev–Trinajstić information content (AvgIpc) is 3.80. The third-order valence-corrected chi connectivity index (χ3v) is 8.19. The molecular formula is C25H31N7O4S. The summed E-state index contributed by atoms with van der Waals surface area (Å²) in [5, 5.41) is 27.4. The second-order valence-corrected chi connectivity index (χ2v) is 11.1. The van der Waals surface area contributed by atoms with Crippen LogP contribution in [0.2, 0.25) is 0 Å². The SMILES string of the molecule is CN=C(/C=C(\C)Nc1nncn1[C@H]1CCc2sc(NC(=O)C3CC3)c(C(=O)NCC3CC3)c2C1)C(=O)O. The van der Waals surface area contributed by atoms with E-state index in [1.54, 1.807) is 13.3 Å². The van der Waals surface area contributed by atoms with Crippen LogP contribution in [0.1, 0.15) is 65.9 Å². The van der Waals surface area contributed by atoms with Gasteiger partial charge in [0.2, 0.25) is 11.9 Å². The fourth-order valence-corrected chi connectivity index (χ4v) is 5.82. The van der Waals surface area contributed by atoms with Gasteiger partial charge in [-0.05, 0) is 69.4 Å². The van der Waals surface area contributed by atoms with Crippen LogP contribution in [-0.4, -0.2) is 57.0 Å². The summed E-state index contributed by atoms with van der Waals surface area (Å²) in [7, 11) is 1.43. The Balaban J connectivity index is 1.38. The number of aromatic nitrogens is 3. The van der Waals surface area contributed by atoms with Gasteiger partial charge in [-0.2, -0.15) is 0 Å². The first-order valence-electron chi connectivity index (χ1n) is 12.6. The lowest BCUT2D eigenvalue weighted by molar-refractivity contribution is -0.129. The van der Waals surface area contributed by atoms with Gasteiger partial charge in [-0.25, -0.2) is 4.79 Å². The Bertz CT molecular complexity index is 1290. The fraction of sp³-hybridized carbons (Fsp3) is 0.520. The number of hydrogen-bond acceptors (Lipinski definition) is 8. The molecule has 0 radical (unpaired) electrons. The molecule has 0 spiro atoms. The summed E-state index contributed by atoms with van der Waals surface area (Å²) >= 11 is 1.51. The summed E-state index contributed by atoms with van der Waals surface area (Å²) in [6, 6.07) is -0.00634. The topological polar surface area (TPSA) is 151 Å². The molecule has 0 unspecified atom stereocenters. The number of carboxylic acid groups (broad SMARTS) is 1. The second-order valence-electron chi connectivity index (χ2n) is 9.95. The van der Waals surface area contributed by atoms with Gasteiger partial charge in [0.15, 0.2) is 0 Å². The lowest BCUT2D eigenvalue weighted by atomic mass is 9.91. The number of hydrogen-bond donors (Lipinski definition) is 4. The molecule has 2 aromatic rings. The van der Waals surface area contributed by atoms with Gasteiger partial charge in [-0.3, -0.25) is 19.1 Å². The first-order chi connectivity index (χ1) is 17.8. The Hall–Kier alpha value is -3.54. The molecule has 2 saturated carbocycles. The zero-order valence-electron chi connectivity index (χ0n) is 20.9. The highest BCUT2D eigenvalue weighted by Crippen LogP contribution is 2.42. The predicted octanol–water partition coefficient (Wildman–Crippen LogP) is 3.03. The number of nitrogens with zero attached hydrogens (tertiary/aromatic N) is 4. The van der Waals surface area contributed by atoms with Crippen molar-refractivity contribution in [3.05, 3.63) is 34.1 Å². The zero-order chi connectivity index (χ0) is 26.1. The Morgan fingerprint density at radius 3 is 2.68 bits per heavy atom. The molecule has 3 aliphatic rings. The maximum absolute atomic E-state index is 13.3. The molecule has 37 heavy (non-hydrogen) atoms. The minimum absolute atomic E-state index is 0.00435. The van der Waals surface area contributed by atoms with Gasteiger partial charge < -0.3 is 21.1 Å². The lowest BCUT2D eigenvalue weighted by Crippen LogP contribution is -2.28. The first-order valence-corrected chi connectivity index (χ1v) is 13.4. The fourth-order valence-electron chi connectivity index (χ4n) is 4.58. The van der Waals surface area contributed by atoms with Crippen molar-refractivity contribution in [1.82, 2.24) is 20.1 Å². The predicted molar refractivity (Wildman–Crippen MR) is 140 cm³/mol. The molecule has 5 rings (SSSR count). The van der Waals surface area contributed by atoms with E-state index in [1.165, 1.54) is 24.5 Å². The maximum atomic E-state index is 13.3. The van der Waals surface area contributed by atoms with Crippen molar-refractivity contribution in [2.75, 3.05) is 24.2 Å². The molecular weight excluding hydrogens is 494 g/mol. The van der Waals surface area contributed by atoms with Crippen LogP contribution < -0.4 is 16.0 Å². The number of amides is 2. The van der Waals surface area contributed by atoms with E-state index in [9.17, 15) is 19.5 Å². The number of aryl methyl sites for hydroxylation is 1. The van der Waals surface area contributed by atoms with Gasteiger partial charge in [0, 0.05) is 36.1 Å². The molecule has 2 heterocycles. The molecule has 0 saturated heterocycles. The number of carbonyl (C=O) groups is 3. The minimum atomic E-state index is -1.11. The van der Waals surface area contributed by atoms with Gasteiger partial charge in [0.25, 0.3) is 5.91 Å². The number of carbonyl (C=O) groups excluding carboxylic acids is 2. The standard InChI is InChI=1S/C25H31N7O4S/c1-13(9-18(26-2)24(35)36)29-25-31-28-12-32(25)16-7-8-19-17(10-16)20(22(34)27-11-14-3-4-14)23(37-19)30-21(33)15-5-6-15/h9,12,14-16H,3-8,10-11H2,1-2H3,(H,27,34)(H,29,31)(H,30,33)(H,35,36)/b13-9+,26-18?/t16-/m0/s1. The molecule has 0 aromatic carbocycles. The number of carboxylic acids is 1. The zero-order valence-corrected chi connectivity index (χ0v) is 21.7. The second kappa shape index (κ2) is 10.4. The van der Waals surface area contributed by atoms with Crippen LogP contribution in [0.5, 0.6) is 0 Å². The van der Waals surface area contributed by atoms with Gasteiger partial charge in [0.05, 0.1) is 5.56 Å².